The van der Waals surface area contributed by atoms with Gasteiger partial charge in [-0.1, -0.05) is 18.2 Å². The fraction of sp³-hybridized carbons (Fsp3) is 0.167. The lowest BCUT2D eigenvalue weighted by atomic mass is 10.0. The normalized spacial score (nSPS) is 12.7. The molecule has 15 heavy (non-hydrogen) atoms. The van der Waals surface area contributed by atoms with Gasteiger partial charge in [-0.2, -0.15) is 11.3 Å². The minimum Gasteiger partial charge on any atom is -0.384 e. The summed E-state index contributed by atoms with van der Waals surface area (Å²) >= 11 is 3.27. The van der Waals surface area contributed by atoms with E-state index in [-0.39, 0.29) is 0 Å². The zero-order valence-electron chi connectivity index (χ0n) is 8.38. The van der Waals surface area contributed by atoms with Crippen molar-refractivity contribution in [3.05, 3.63) is 52.2 Å². The predicted octanol–water partition coefficient (Wildman–Crippen LogP) is 3.55. The van der Waals surface area contributed by atoms with E-state index in [9.17, 15) is 5.11 Å². The summed E-state index contributed by atoms with van der Waals surface area (Å²) in [4.78, 5) is 1.14. The van der Waals surface area contributed by atoms with Gasteiger partial charge in [-0.05, 0) is 40.3 Å². The zero-order chi connectivity index (χ0) is 10.7. The Kier molecular flexibility index (Phi) is 3.46. The smallest absolute Gasteiger partial charge is 0.106 e. The molecule has 1 N–H and O–H groups in total. The quantitative estimate of drug-likeness (QED) is 0.822. The molecule has 1 nitrogen and oxygen atoms in total. The Morgan fingerprint density at radius 2 is 2.07 bits per heavy atom. The molecule has 1 aromatic heterocycles. The highest BCUT2D eigenvalue weighted by Gasteiger charge is 2.13. The van der Waals surface area contributed by atoms with E-state index in [1.807, 2.05) is 47.3 Å². The van der Waals surface area contributed by atoms with Crippen molar-refractivity contribution >= 4 is 23.1 Å². The molecule has 78 valence electrons. The molecule has 0 aliphatic carbocycles. The van der Waals surface area contributed by atoms with Crippen LogP contribution in [0.4, 0.5) is 0 Å². The Morgan fingerprint density at radius 1 is 1.27 bits per heavy atom. The molecule has 1 heterocycles. The van der Waals surface area contributed by atoms with Crippen LogP contribution in [0.2, 0.25) is 0 Å². The summed E-state index contributed by atoms with van der Waals surface area (Å²) in [6.45, 7) is 0. The number of thioether (sulfide) groups is 1. The molecule has 0 saturated carbocycles. The molecule has 0 fully saturated rings. The van der Waals surface area contributed by atoms with Crippen LogP contribution >= 0.6 is 23.1 Å². The van der Waals surface area contributed by atoms with Gasteiger partial charge < -0.3 is 5.11 Å². The monoisotopic (exact) mass is 236 g/mol. The summed E-state index contributed by atoms with van der Waals surface area (Å²) in [6.07, 6.45) is 1.53. The first-order chi connectivity index (χ1) is 7.33. The van der Waals surface area contributed by atoms with Crippen molar-refractivity contribution < 1.29 is 5.11 Å². The summed E-state index contributed by atoms with van der Waals surface area (Å²) in [5.41, 5.74) is 1.96. The molecule has 1 aromatic carbocycles. The number of hydrogen-bond acceptors (Lipinski definition) is 3. The SMILES string of the molecule is CSc1ccccc1C(O)c1ccsc1. The van der Waals surface area contributed by atoms with Crippen LogP contribution in [-0.4, -0.2) is 11.4 Å². The third kappa shape index (κ3) is 2.25. The van der Waals surface area contributed by atoms with E-state index in [1.165, 1.54) is 0 Å². The zero-order valence-corrected chi connectivity index (χ0v) is 10.0. The predicted molar refractivity (Wildman–Crippen MR) is 66.6 cm³/mol. The highest BCUT2D eigenvalue weighted by atomic mass is 32.2. The lowest BCUT2D eigenvalue weighted by Gasteiger charge is -2.12. The van der Waals surface area contributed by atoms with Crippen LogP contribution in [0, 0.1) is 0 Å². The fourth-order valence-corrected chi connectivity index (χ4v) is 2.81. The van der Waals surface area contributed by atoms with Gasteiger partial charge in [0.2, 0.25) is 0 Å². The van der Waals surface area contributed by atoms with Gasteiger partial charge in [0.15, 0.2) is 0 Å². The molecule has 1 atom stereocenters. The van der Waals surface area contributed by atoms with E-state index < -0.39 is 6.10 Å². The molecule has 3 heteroatoms. The van der Waals surface area contributed by atoms with Crippen LogP contribution in [0.3, 0.4) is 0 Å². The number of rotatable bonds is 3. The van der Waals surface area contributed by atoms with Crippen molar-refractivity contribution in [2.75, 3.05) is 6.26 Å². The minimum absolute atomic E-state index is 0.500. The number of aliphatic hydroxyl groups excluding tert-OH is 1. The van der Waals surface area contributed by atoms with Gasteiger partial charge in [-0.25, -0.2) is 0 Å². The van der Waals surface area contributed by atoms with Gasteiger partial charge in [0.1, 0.15) is 6.10 Å². The van der Waals surface area contributed by atoms with Gasteiger partial charge in [0, 0.05) is 4.90 Å². The maximum absolute atomic E-state index is 10.2. The fourth-order valence-electron chi connectivity index (χ4n) is 1.50. The van der Waals surface area contributed by atoms with Crippen LogP contribution in [0.1, 0.15) is 17.2 Å². The Balaban J connectivity index is 2.37. The number of benzene rings is 1. The number of thiophene rings is 1. The molecule has 1 unspecified atom stereocenters. The average Bonchev–Trinajstić information content (AvgIpc) is 2.81. The Labute approximate surface area is 97.8 Å². The van der Waals surface area contributed by atoms with Gasteiger partial charge in [0.25, 0.3) is 0 Å². The summed E-state index contributed by atoms with van der Waals surface area (Å²) in [5, 5.41) is 14.2. The standard InChI is InChI=1S/C12H12OS2/c1-14-11-5-3-2-4-10(11)12(13)9-6-7-15-8-9/h2-8,12-13H,1H3. The molecule has 0 radical (unpaired) electrons. The second kappa shape index (κ2) is 4.84. The van der Waals surface area contributed by atoms with Crippen LogP contribution in [0.25, 0.3) is 0 Å². The first kappa shape index (κ1) is 10.7. The van der Waals surface area contributed by atoms with Crippen molar-refractivity contribution in [3.8, 4) is 0 Å². The summed E-state index contributed by atoms with van der Waals surface area (Å²) in [5.74, 6) is 0. The molecule has 0 aliphatic heterocycles. The maximum atomic E-state index is 10.2. The van der Waals surface area contributed by atoms with Crippen LogP contribution in [0.5, 0.6) is 0 Å². The molecule has 0 saturated heterocycles. The lowest BCUT2D eigenvalue weighted by Crippen LogP contribution is -1.99. The van der Waals surface area contributed by atoms with E-state index in [0.717, 1.165) is 16.0 Å². The van der Waals surface area contributed by atoms with Crippen LogP contribution in [-0.2, 0) is 0 Å². The van der Waals surface area contributed by atoms with Crippen molar-refractivity contribution in [2.45, 2.75) is 11.0 Å². The average molecular weight is 236 g/mol. The summed E-state index contributed by atoms with van der Waals surface area (Å²) in [7, 11) is 0. The van der Waals surface area contributed by atoms with E-state index >= 15 is 0 Å². The van der Waals surface area contributed by atoms with Gasteiger partial charge >= 0.3 is 0 Å². The molecular weight excluding hydrogens is 224 g/mol. The minimum atomic E-state index is -0.500. The molecule has 2 aromatic rings. The van der Waals surface area contributed by atoms with E-state index in [4.69, 9.17) is 0 Å². The molecule has 0 amide bonds. The van der Waals surface area contributed by atoms with Gasteiger partial charge in [0.05, 0.1) is 0 Å². The molecule has 2 rings (SSSR count). The van der Waals surface area contributed by atoms with Crippen molar-refractivity contribution in [1.29, 1.82) is 0 Å². The third-order valence-corrected chi connectivity index (χ3v) is 3.81. The molecule has 0 bridgehead atoms. The van der Waals surface area contributed by atoms with E-state index in [0.29, 0.717) is 0 Å². The second-order valence-corrected chi connectivity index (χ2v) is 4.83. The second-order valence-electron chi connectivity index (χ2n) is 3.20. The van der Waals surface area contributed by atoms with Gasteiger partial charge in [-0.3, -0.25) is 0 Å². The van der Waals surface area contributed by atoms with E-state index in [1.54, 1.807) is 23.1 Å². The number of aliphatic hydroxyl groups is 1. The molecule has 0 aliphatic rings. The topological polar surface area (TPSA) is 20.2 Å². The molecule has 0 spiro atoms. The van der Waals surface area contributed by atoms with Gasteiger partial charge in [-0.15, -0.1) is 11.8 Å². The maximum Gasteiger partial charge on any atom is 0.106 e. The lowest BCUT2D eigenvalue weighted by molar-refractivity contribution is 0.218. The van der Waals surface area contributed by atoms with Crippen molar-refractivity contribution in [3.63, 3.8) is 0 Å². The van der Waals surface area contributed by atoms with Crippen LogP contribution in [0.15, 0.2) is 46.0 Å². The number of hydrogen-bond donors (Lipinski definition) is 1. The Hall–Kier alpha value is -0.770. The van der Waals surface area contributed by atoms with Crippen molar-refractivity contribution in [2.24, 2.45) is 0 Å². The van der Waals surface area contributed by atoms with Crippen LogP contribution < -0.4 is 0 Å². The first-order valence-corrected chi connectivity index (χ1v) is 6.82. The molecular formula is C12H12OS2. The summed E-state index contributed by atoms with van der Waals surface area (Å²) < 4.78 is 0. The van der Waals surface area contributed by atoms with E-state index in [2.05, 4.69) is 0 Å². The highest BCUT2D eigenvalue weighted by molar-refractivity contribution is 7.98. The Bertz CT molecular complexity index is 423. The van der Waals surface area contributed by atoms with Crippen molar-refractivity contribution in [1.82, 2.24) is 0 Å². The largest absolute Gasteiger partial charge is 0.384 e. The Morgan fingerprint density at radius 3 is 2.73 bits per heavy atom. The third-order valence-electron chi connectivity index (χ3n) is 2.29. The first-order valence-electron chi connectivity index (χ1n) is 4.66. The summed E-state index contributed by atoms with van der Waals surface area (Å²) in [6, 6.07) is 9.94. The highest BCUT2D eigenvalue weighted by Crippen LogP contribution is 2.30.